The fraction of sp³-hybridized carbons (Fsp3) is 0.278. The molecule has 2 N–H and O–H groups in total. The van der Waals surface area contributed by atoms with Crippen molar-refractivity contribution < 1.29 is 19.0 Å². The molecule has 0 spiro atoms. The van der Waals surface area contributed by atoms with Crippen LogP contribution in [0.3, 0.4) is 0 Å². The van der Waals surface area contributed by atoms with E-state index in [4.69, 9.17) is 14.2 Å². The minimum absolute atomic E-state index is 0.0827. The van der Waals surface area contributed by atoms with E-state index in [1.165, 1.54) is 0 Å². The van der Waals surface area contributed by atoms with Gasteiger partial charge in [0, 0.05) is 18.3 Å². The monoisotopic (exact) mass is 328 g/mol. The van der Waals surface area contributed by atoms with Crippen LogP contribution in [0.4, 0.5) is 5.69 Å². The van der Waals surface area contributed by atoms with Crippen molar-refractivity contribution in [1.29, 1.82) is 0 Å². The smallest absolute Gasteiger partial charge is 0.239 e. The number of amides is 1. The third kappa shape index (κ3) is 4.10. The fourth-order valence-corrected chi connectivity index (χ4v) is 2.34. The molecule has 2 aromatic carbocycles. The number of ether oxygens (including phenoxy) is 3. The molecule has 6 nitrogen and oxygen atoms in total. The van der Waals surface area contributed by atoms with Gasteiger partial charge in [0.2, 0.25) is 5.91 Å². The number of hydrogen-bond donors (Lipinski definition) is 2. The Morgan fingerprint density at radius 3 is 2.58 bits per heavy atom. The lowest BCUT2D eigenvalue weighted by molar-refractivity contribution is -0.119. The summed E-state index contributed by atoms with van der Waals surface area (Å²) in [5.41, 5.74) is 1.84. The Kier molecular flexibility index (Phi) is 5.05. The highest BCUT2D eigenvalue weighted by Gasteiger charge is 2.12. The van der Waals surface area contributed by atoms with Crippen LogP contribution in [-0.4, -0.2) is 32.8 Å². The SMILES string of the molecule is COc1ccc(CNC(=O)CNc2ccc3c(c2)OCCO3)cc1. The zero-order chi connectivity index (χ0) is 16.8. The maximum atomic E-state index is 11.9. The molecule has 1 amide bonds. The summed E-state index contributed by atoms with van der Waals surface area (Å²) in [6.07, 6.45) is 0. The molecule has 1 heterocycles. The highest BCUT2D eigenvalue weighted by Crippen LogP contribution is 2.32. The van der Waals surface area contributed by atoms with Crippen molar-refractivity contribution in [2.45, 2.75) is 6.54 Å². The number of nitrogens with one attached hydrogen (secondary N) is 2. The van der Waals surface area contributed by atoms with E-state index in [-0.39, 0.29) is 12.5 Å². The van der Waals surface area contributed by atoms with Crippen molar-refractivity contribution in [3.8, 4) is 17.2 Å². The van der Waals surface area contributed by atoms with Crippen LogP contribution in [-0.2, 0) is 11.3 Å². The van der Waals surface area contributed by atoms with Crippen molar-refractivity contribution >= 4 is 11.6 Å². The van der Waals surface area contributed by atoms with Crippen molar-refractivity contribution in [1.82, 2.24) is 5.32 Å². The zero-order valence-corrected chi connectivity index (χ0v) is 13.5. The topological polar surface area (TPSA) is 68.8 Å². The molecule has 0 radical (unpaired) electrons. The van der Waals surface area contributed by atoms with Crippen molar-refractivity contribution in [2.75, 3.05) is 32.2 Å². The molecule has 1 aliphatic heterocycles. The van der Waals surface area contributed by atoms with Gasteiger partial charge in [-0.1, -0.05) is 12.1 Å². The lowest BCUT2D eigenvalue weighted by atomic mass is 10.2. The van der Waals surface area contributed by atoms with Crippen LogP contribution in [0, 0.1) is 0 Å². The normalized spacial score (nSPS) is 12.4. The van der Waals surface area contributed by atoms with Crippen LogP contribution < -0.4 is 24.8 Å². The number of hydrogen-bond acceptors (Lipinski definition) is 5. The molecule has 2 aromatic rings. The maximum absolute atomic E-state index is 11.9. The number of methoxy groups -OCH3 is 1. The third-order valence-corrected chi connectivity index (χ3v) is 3.64. The van der Waals surface area contributed by atoms with Crippen LogP contribution >= 0.6 is 0 Å². The molecule has 0 unspecified atom stereocenters. The molecular formula is C18H20N2O4. The van der Waals surface area contributed by atoms with E-state index in [1.54, 1.807) is 7.11 Å². The zero-order valence-electron chi connectivity index (χ0n) is 13.5. The molecule has 1 aliphatic rings. The highest BCUT2D eigenvalue weighted by atomic mass is 16.6. The second-order valence-corrected chi connectivity index (χ2v) is 5.34. The van der Waals surface area contributed by atoms with Gasteiger partial charge in [0.05, 0.1) is 13.7 Å². The van der Waals surface area contributed by atoms with Crippen molar-refractivity contribution in [3.63, 3.8) is 0 Å². The third-order valence-electron chi connectivity index (χ3n) is 3.64. The molecule has 0 bridgehead atoms. The second kappa shape index (κ2) is 7.59. The van der Waals surface area contributed by atoms with Crippen molar-refractivity contribution in [3.05, 3.63) is 48.0 Å². The van der Waals surface area contributed by atoms with Gasteiger partial charge in [0.25, 0.3) is 0 Å². The fourth-order valence-electron chi connectivity index (χ4n) is 2.34. The molecule has 0 saturated heterocycles. The van der Waals surface area contributed by atoms with E-state index in [0.29, 0.717) is 25.5 Å². The van der Waals surface area contributed by atoms with Crippen LogP contribution in [0.15, 0.2) is 42.5 Å². The summed E-state index contributed by atoms with van der Waals surface area (Å²) >= 11 is 0. The van der Waals surface area contributed by atoms with E-state index in [1.807, 2.05) is 42.5 Å². The average molecular weight is 328 g/mol. The molecule has 3 rings (SSSR count). The first-order chi connectivity index (χ1) is 11.7. The lowest BCUT2D eigenvalue weighted by Gasteiger charge is -2.19. The standard InChI is InChI=1S/C18H20N2O4/c1-22-15-5-2-13(3-6-15)11-20-18(21)12-19-14-4-7-16-17(10-14)24-9-8-23-16/h2-7,10,19H,8-9,11-12H2,1H3,(H,20,21). The van der Waals surface area contributed by atoms with Gasteiger partial charge in [-0.3, -0.25) is 4.79 Å². The van der Waals surface area contributed by atoms with E-state index >= 15 is 0 Å². The summed E-state index contributed by atoms with van der Waals surface area (Å²) in [6.45, 7) is 1.77. The number of carbonyl (C=O) groups excluding carboxylic acids is 1. The molecular weight excluding hydrogens is 308 g/mol. The van der Waals surface area contributed by atoms with Crippen LogP contribution in [0.2, 0.25) is 0 Å². The minimum atomic E-state index is -0.0827. The molecule has 126 valence electrons. The maximum Gasteiger partial charge on any atom is 0.239 e. The Morgan fingerprint density at radius 1 is 1.08 bits per heavy atom. The van der Waals surface area contributed by atoms with Gasteiger partial charge < -0.3 is 24.8 Å². The van der Waals surface area contributed by atoms with Crippen LogP contribution in [0.1, 0.15) is 5.56 Å². The second-order valence-electron chi connectivity index (χ2n) is 5.34. The first-order valence-corrected chi connectivity index (χ1v) is 7.78. The molecule has 0 aliphatic carbocycles. The molecule has 0 saturated carbocycles. The van der Waals surface area contributed by atoms with Crippen molar-refractivity contribution in [2.24, 2.45) is 0 Å². The summed E-state index contributed by atoms with van der Waals surface area (Å²) in [4.78, 5) is 11.9. The van der Waals surface area contributed by atoms with E-state index in [0.717, 1.165) is 22.7 Å². The van der Waals surface area contributed by atoms with Gasteiger partial charge in [-0.05, 0) is 29.8 Å². The largest absolute Gasteiger partial charge is 0.497 e. The van der Waals surface area contributed by atoms with E-state index in [2.05, 4.69) is 10.6 Å². The molecule has 6 heteroatoms. The van der Waals surface area contributed by atoms with Gasteiger partial charge >= 0.3 is 0 Å². The molecule has 0 fully saturated rings. The van der Waals surface area contributed by atoms with Crippen LogP contribution in [0.25, 0.3) is 0 Å². The van der Waals surface area contributed by atoms with Gasteiger partial charge in [-0.15, -0.1) is 0 Å². The first kappa shape index (κ1) is 16.0. The van der Waals surface area contributed by atoms with E-state index in [9.17, 15) is 4.79 Å². The summed E-state index contributed by atoms with van der Waals surface area (Å²) < 4.78 is 16.1. The summed E-state index contributed by atoms with van der Waals surface area (Å²) in [7, 11) is 1.63. The Bertz CT molecular complexity index is 701. The minimum Gasteiger partial charge on any atom is -0.497 e. The van der Waals surface area contributed by atoms with Gasteiger partial charge in [0.1, 0.15) is 19.0 Å². The number of anilines is 1. The quantitative estimate of drug-likeness (QED) is 0.851. The first-order valence-electron chi connectivity index (χ1n) is 7.78. The number of benzene rings is 2. The molecule has 0 atom stereocenters. The predicted octanol–water partition coefficient (Wildman–Crippen LogP) is 2.19. The van der Waals surface area contributed by atoms with Gasteiger partial charge in [-0.2, -0.15) is 0 Å². The van der Waals surface area contributed by atoms with E-state index < -0.39 is 0 Å². The van der Waals surface area contributed by atoms with Gasteiger partial charge in [0.15, 0.2) is 11.5 Å². The van der Waals surface area contributed by atoms with Crippen LogP contribution in [0.5, 0.6) is 17.2 Å². The summed E-state index contributed by atoms with van der Waals surface area (Å²) in [5.74, 6) is 2.15. The molecule has 24 heavy (non-hydrogen) atoms. The number of rotatable bonds is 6. The Labute approximate surface area is 140 Å². The number of fused-ring (bicyclic) bond motifs is 1. The number of carbonyl (C=O) groups is 1. The predicted molar refractivity (Wildman–Crippen MR) is 90.8 cm³/mol. The summed E-state index contributed by atoms with van der Waals surface area (Å²) in [5, 5.41) is 5.95. The highest BCUT2D eigenvalue weighted by molar-refractivity contribution is 5.80. The van der Waals surface area contributed by atoms with Gasteiger partial charge in [-0.25, -0.2) is 0 Å². The lowest BCUT2D eigenvalue weighted by Crippen LogP contribution is -2.29. The average Bonchev–Trinajstić information content (AvgIpc) is 2.65. The Hall–Kier alpha value is -2.89. The molecule has 0 aromatic heterocycles. The Morgan fingerprint density at radius 2 is 1.83 bits per heavy atom. The Balaban J connectivity index is 1.46. The summed E-state index contributed by atoms with van der Waals surface area (Å²) in [6, 6.07) is 13.1.